The van der Waals surface area contributed by atoms with Gasteiger partial charge in [-0.05, 0) is 48.4 Å². The van der Waals surface area contributed by atoms with E-state index in [-0.39, 0.29) is 37.0 Å². The zero-order valence-electron chi connectivity index (χ0n) is 14.3. The summed E-state index contributed by atoms with van der Waals surface area (Å²) < 4.78 is 24.0. The molecule has 140 valence electrons. The molecule has 0 spiro atoms. The molecular weight excluding hydrogens is 371 g/mol. The van der Waals surface area contributed by atoms with Crippen LogP contribution in [-0.2, 0) is 4.79 Å². The molecule has 0 saturated heterocycles. The fourth-order valence-corrected chi connectivity index (χ4v) is 4.17. The van der Waals surface area contributed by atoms with Crippen molar-refractivity contribution in [3.63, 3.8) is 0 Å². The van der Waals surface area contributed by atoms with Gasteiger partial charge in [0.25, 0.3) is 5.91 Å². The molecule has 2 heterocycles. The van der Waals surface area contributed by atoms with Crippen LogP contribution >= 0.6 is 11.8 Å². The SMILES string of the molecule is O=C(CNC(=O)c1ccc2c(c1)OCO2)N[C@H]1CCSc2ccc(F)cc21. The summed E-state index contributed by atoms with van der Waals surface area (Å²) in [5.41, 5.74) is 1.16. The van der Waals surface area contributed by atoms with Crippen LogP contribution in [0.4, 0.5) is 4.39 Å². The van der Waals surface area contributed by atoms with Crippen molar-refractivity contribution >= 4 is 23.6 Å². The number of amides is 2. The first kappa shape index (κ1) is 17.7. The van der Waals surface area contributed by atoms with Crippen LogP contribution in [0.25, 0.3) is 0 Å². The van der Waals surface area contributed by atoms with Crippen LogP contribution in [0.3, 0.4) is 0 Å². The lowest BCUT2D eigenvalue weighted by molar-refractivity contribution is -0.120. The molecule has 2 aliphatic heterocycles. The molecule has 27 heavy (non-hydrogen) atoms. The number of hydrogen-bond acceptors (Lipinski definition) is 5. The van der Waals surface area contributed by atoms with E-state index < -0.39 is 0 Å². The molecule has 8 heteroatoms. The van der Waals surface area contributed by atoms with Crippen LogP contribution in [0, 0.1) is 5.82 Å². The van der Waals surface area contributed by atoms with Gasteiger partial charge in [0.1, 0.15) is 5.82 Å². The molecule has 0 fully saturated rings. The van der Waals surface area contributed by atoms with E-state index in [4.69, 9.17) is 9.47 Å². The number of hydrogen-bond donors (Lipinski definition) is 2. The maximum absolute atomic E-state index is 13.5. The zero-order chi connectivity index (χ0) is 18.8. The molecule has 0 unspecified atom stereocenters. The number of carbonyl (C=O) groups excluding carboxylic acids is 2. The largest absolute Gasteiger partial charge is 0.454 e. The minimum absolute atomic E-state index is 0.130. The standard InChI is InChI=1S/C19H17FN2O4S/c20-12-2-4-17-13(8-12)14(5-6-27-17)22-18(23)9-21-19(24)11-1-3-15-16(7-11)26-10-25-15/h1-4,7-8,14H,5-6,9-10H2,(H,21,24)(H,22,23)/t14-/m0/s1. The van der Waals surface area contributed by atoms with E-state index in [0.717, 1.165) is 16.2 Å². The monoisotopic (exact) mass is 388 g/mol. The molecule has 4 rings (SSSR count). The normalized spacial score (nSPS) is 17.1. The number of carbonyl (C=O) groups is 2. The lowest BCUT2D eigenvalue weighted by Gasteiger charge is -2.26. The number of ether oxygens (including phenoxy) is 2. The minimum Gasteiger partial charge on any atom is -0.454 e. The van der Waals surface area contributed by atoms with E-state index in [1.165, 1.54) is 12.1 Å². The second kappa shape index (κ2) is 7.48. The third-order valence-corrected chi connectivity index (χ3v) is 5.51. The number of rotatable bonds is 4. The molecule has 2 aromatic carbocycles. The Balaban J connectivity index is 1.35. The second-order valence-electron chi connectivity index (χ2n) is 6.19. The number of thioether (sulfide) groups is 1. The Morgan fingerprint density at radius 2 is 2.00 bits per heavy atom. The van der Waals surface area contributed by atoms with Crippen LogP contribution in [0.2, 0.25) is 0 Å². The summed E-state index contributed by atoms with van der Waals surface area (Å²) in [6, 6.07) is 9.19. The van der Waals surface area contributed by atoms with Crippen molar-refractivity contribution in [2.45, 2.75) is 17.4 Å². The molecular formula is C19H17FN2O4S. The summed E-state index contributed by atoms with van der Waals surface area (Å²) >= 11 is 1.64. The van der Waals surface area contributed by atoms with E-state index >= 15 is 0 Å². The highest BCUT2D eigenvalue weighted by atomic mass is 32.2. The molecule has 2 aliphatic rings. The Hall–Kier alpha value is -2.74. The van der Waals surface area contributed by atoms with E-state index in [9.17, 15) is 14.0 Å². The first-order valence-corrected chi connectivity index (χ1v) is 9.48. The van der Waals surface area contributed by atoms with Crippen molar-refractivity contribution in [3.8, 4) is 11.5 Å². The van der Waals surface area contributed by atoms with E-state index in [1.54, 1.807) is 36.0 Å². The predicted molar refractivity (Wildman–Crippen MR) is 97.5 cm³/mol. The van der Waals surface area contributed by atoms with Crippen LogP contribution in [-0.4, -0.2) is 30.9 Å². The van der Waals surface area contributed by atoms with Crippen LogP contribution in [0.5, 0.6) is 11.5 Å². The Morgan fingerprint density at radius 3 is 2.89 bits per heavy atom. The third kappa shape index (κ3) is 3.85. The molecule has 0 saturated carbocycles. The van der Waals surface area contributed by atoms with Crippen LogP contribution in [0.15, 0.2) is 41.3 Å². The molecule has 2 aromatic rings. The summed E-state index contributed by atoms with van der Waals surface area (Å²) in [6.45, 7) is -0.0356. The van der Waals surface area contributed by atoms with Gasteiger partial charge in [-0.25, -0.2) is 4.39 Å². The van der Waals surface area contributed by atoms with E-state index in [1.807, 2.05) is 0 Å². The van der Waals surface area contributed by atoms with Gasteiger partial charge in [-0.1, -0.05) is 0 Å². The Kier molecular flexibility index (Phi) is 4.89. The third-order valence-electron chi connectivity index (χ3n) is 4.39. The summed E-state index contributed by atoms with van der Waals surface area (Å²) in [7, 11) is 0. The number of halogens is 1. The molecule has 2 amide bonds. The van der Waals surface area contributed by atoms with E-state index in [2.05, 4.69) is 10.6 Å². The van der Waals surface area contributed by atoms with Crippen molar-refractivity contribution in [3.05, 3.63) is 53.3 Å². The molecule has 6 nitrogen and oxygen atoms in total. The summed E-state index contributed by atoms with van der Waals surface area (Å²) in [4.78, 5) is 25.5. The Morgan fingerprint density at radius 1 is 1.15 bits per heavy atom. The maximum Gasteiger partial charge on any atom is 0.251 e. The second-order valence-corrected chi connectivity index (χ2v) is 7.33. The first-order valence-electron chi connectivity index (χ1n) is 8.49. The quantitative estimate of drug-likeness (QED) is 0.842. The smallest absolute Gasteiger partial charge is 0.251 e. The summed E-state index contributed by atoms with van der Waals surface area (Å²) in [5, 5.41) is 5.46. The number of benzene rings is 2. The van der Waals surface area contributed by atoms with Crippen LogP contribution in [0.1, 0.15) is 28.4 Å². The van der Waals surface area contributed by atoms with Gasteiger partial charge < -0.3 is 20.1 Å². The summed E-state index contributed by atoms with van der Waals surface area (Å²) in [5.74, 6) is 0.903. The minimum atomic E-state index is -0.380. The molecule has 2 N–H and O–H groups in total. The van der Waals surface area contributed by atoms with Gasteiger partial charge >= 0.3 is 0 Å². The highest BCUT2D eigenvalue weighted by Gasteiger charge is 2.23. The van der Waals surface area contributed by atoms with Crippen molar-refractivity contribution in [2.24, 2.45) is 0 Å². The summed E-state index contributed by atoms with van der Waals surface area (Å²) in [6.07, 6.45) is 0.711. The lowest BCUT2D eigenvalue weighted by atomic mass is 10.0. The Bertz CT molecular complexity index is 905. The van der Waals surface area contributed by atoms with Gasteiger partial charge in [0.05, 0.1) is 12.6 Å². The van der Waals surface area contributed by atoms with Crippen molar-refractivity contribution in [2.75, 3.05) is 19.1 Å². The molecule has 0 bridgehead atoms. The van der Waals surface area contributed by atoms with Crippen molar-refractivity contribution in [1.29, 1.82) is 0 Å². The zero-order valence-corrected chi connectivity index (χ0v) is 15.1. The highest BCUT2D eigenvalue weighted by Crippen LogP contribution is 2.36. The average molecular weight is 388 g/mol. The molecule has 0 aliphatic carbocycles. The number of fused-ring (bicyclic) bond motifs is 2. The molecule has 0 radical (unpaired) electrons. The fraction of sp³-hybridized carbons (Fsp3) is 0.263. The molecule has 1 atom stereocenters. The van der Waals surface area contributed by atoms with Gasteiger partial charge in [-0.15, -0.1) is 11.8 Å². The van der Waals surface area contributed by atoms with Gasteiger partial charge in [-0.3, -0.25) is 9.59 Å². The highest BCUT2D eigenvalue weighted by molar-refractivity contribution is 7.99. The topological polar surface area (TPSA) is 76.7 Å². The van der Waals surface area contributed by atoms with Crippen molar-refractivity contribution < 1.29 is 23.5 Å². The van der Waals surface area contributed by atoms with Gasteiger partial charge in [0.15, 0.2) is 11.5 Å². The van der Waals surface area contributed by atoms with Crippen LogP contribution < -0.4 is 20.1 Å². The van der Waals surface area contributed by atoms with Gasteiger partial charge in [0.2, 0.25) is 12.7 Å². The van der Waals surface area contributed by atoms with Crippen molar-refractivity contribution in [1.82, 2.24) is 10.6 Å². The first-order chi connectivity index (χ1) is 13.1. The lowest BCUT2D eigenvalue weighted by Crippen LogP contribution is -2.39. The fourth-order valence-electron chi connectivity index (χ4n) is 3.06. The Labute approximate surface area is 159 Å². The van der Waals surface area contributed by atoms with E-state index in [0.29, 0.717) is 23.5 Å². The average Bonchev–Trinajstić information content (AvgIpc) is 3.14. The number of nitrogens with one attached hydrogen (secondary N) is 2. The van der Waals surface area contributed by atoms with Gasteiger partial charge in [-0.2, -0.15) is 0 Å². The molecule has 0 aromatic heterocycles. The predicted octanol–water partition coefficient (Wildman–Crippen LogP) is 2.64. The maximum atomic E-state index is 13.5. The van der Waals surface area contributed by atoms with Gasteiger partial charge in [0, 0.05) is 16.2 Å².